The number of fused-ring (bicyclic) bond motifs is 9. The van der Waals surface area contributed by atoms with Crippen molar-refractivity contribution in [3.05, 3.63) is 53.1 Å². The molecule has 0 spiro atoms. The van der Waals surface area contributed by atoms with Crippen LogP contribution in [-0.4, -0.2) is 99.6 Å². The van der Waals surface area contributed by atoms with Crippen LogP contribution in [0.25, 0.3) is 22.2 Å². The van der Waals surface area contributed by atoms with E-state index in [-0.39, 0.29) is 45.9 Å². The van der Waals surface area contributed by atoms with Gasteiger partial charge in [0.15, 0.2) is 0 Å². The number of carbonyl (C=O) groups excluding carboxylic acids is 1. The summed E-state index contributed by atoms with van der Waals surface area (Å²) in [5.74, 6) is 0.754. The predicted octanol–water partition coefficient (Wildman–Crippen LogP) is 1.22. The number of benzene rings is 2. The van der Waals surface area contributed by atoms with Crippen LogP contribution in [0.15, 0.2) is 36.4 Å². The van der Waals surface area contributed by atoms with E-state index in [0.29, 0.717) is 41.3 Å². The van der Waals surface area contributed by atoms with E-state index in [1.165, 1.54) is 46.0 Å². The summed E-state index contributed by atoms with van der Waals surface area (Å²) in [6, 6.07) is 12.5. The Balaban J connectivity index is 1.19. The van der Waals surface area contributed by atoms with E-state index < -0.39 is 22.3 Å². The van der Waals surface area contributed by atoms with Crippen molar-refractivity contribution >= 4 is 27.0 Å². The fraction of sp³-hybridized carbons (Fsp3) is 0.595. The molecule has 5 atom stereocenters. The fourth-order valence-electron chi connectivity index (χ4n) is 9.87. The molecule has 5 heterocycles. The van der Waals surface area contributed by atoms with E-state index in [2.05, 4.69) is 42.5 Å². The third-order valence-electron chi connectivity index (χ3n) is 12.4. The van der Waals surface area contributed by atoms with Crippen LogP contribution in [0, 0.1) is 5.41 Å². The van der Waals surface area contributed by atoms with Gasteiger partial charge in [0.25, 0.3) is 0 Å². The number of aromatic nitrogens is 1. The Morgan fingerprint density at radius 2 is 1.88 bits per heavy atom. The molecule has 2 bridgehead atoms. The van der Waals surface area contributed by atoms with Gasteiger partial charge in [-0.2, -0.15) is 12.7 Å². The fourth-order valence-corrected chi connectivity index (χ4v) is 14.4. The summed E-state index contributed by atoms with van der Waals surface area (Å²) < 4.78 is 46.5. The molecule has 1 aromatic heterocycles. The van der Waals surface area contributed by atoms with Crippen molar-refractivity contribution in [1.29, 1.82) is 0 Å². The molecule has 1 amide bonds. The molecule has 50 heavy (non-hydrogen) atoms. The van der Waals surface area contributed by atoms with Crippen LogP contribution in [0.5, 0.6) is 5.75 Å². The number of hydrogen-bond donors (Lipinski definition) is 2. The standard InChI is InChI=1S/C37H47IN5O6S/c1-40-21-25-9-13-32(38-40)43(25)36(45)37-20-30(37)29-19-26(48-2)10-12-27(29)34-33(23-6-4-3-5-7-23)28-11-8-24(18-31(28)42(34)22-37)35(44)39-50(46,47)41-14-16-49-17-15-41/h8,10-12,18-19,23,25,30,32,36,45H,3-7,9,13-17,20-22H2,1-2H3,(H,39,44)/q-1. The first-order chi connectivity index (χ1) is 24.2. The zero-order chi connectivity index (χ0) is 34.4. The summed E-state index contributed by atoms with van der Waals surface area (Å²) in [7, 11) is -0.0608. The van der Waals surface area contributed by atoms with Gasteiger partial charge in [0.05, 0.1) is 13.2 Å². The Labute approximate surface area is 305 Å². The third-order valence-corrected chi connectivity index (χ3v) is 17.1. The number of halogens is 1. The van der Waals surface area contributed by atoms with Gasteiger partial charge in [-0.15, -0.1) is 0 Å². The van der Waals surface area contributed by atoms with Crippen LogP contribution in [-0.2, 0) is 21.5 Å². The SMILES string of the molecule is COc1ccc2c(c1)C1CC1(C(O)N1C3CCC1[I-]N(C)C3)Cn1c-2c(C2CCCCC2)c2ccc(C(=O)NS(=O)(=O)N3CCOCC3)cc21. The third kappa shape index (κ3) is 5.44. The zero-order valence-electron chi connectivity index (χ0n) is 28.8. The van der Waals surface area contributed by atoms with Crippen LogP contribution in [0.2, 0.25) is 0 Å². The van der Waals surface area contributed by atoms with E-state index in [9.17, 15) is 18.3 Å². The van der Waals surface area contributed by atoms with Gasteiger partial charge in [-0.3, -0.25) is 0 Å². The van der Waals surface area contributed by atoms with Crippen molar-refractivity contribution in [2.75, 3.05) is 47.0 Å². The molecule has 2 aromatic carbocycles. The summed E-state index contributed by atoms with van der Waals surface area (Å²) in [6.07, 6.45) is 8.43. The zero-order valence-corrected chi connectivity index (χ0v) is 31.8. The molecule has 270 valence electrons. The first-order valence-electron chi connectivity index (χ1n) is 18.2. The van der Waals surface area contributed by atoms with Crippen molar-refractivity contribution in [2.24, 2.45) is 5.41 Å². The van der Waals surface area contributed by atoms with E-state index in [1.54, 1.807) is 13.2 Å². The molecule has 9 rings (SSSR count). The maximum absolute atomic E-state index is 13.7. The van der Waals surface area contributed by atoms with Gasteiger partial charge in [-0.05, 0) is 0 Å². The van der Waals surface area contributed by atoms with Crippen LogP contribution >= 0.6 is 0 Å². The molecule has 2 saturated carbocycles. The normalized spacial score (nSPS) is 29.7. The van der Waals surface area contributed by atoms with Gasteiger partial charge in [0.1, 0.15) is 0 Å². The van der Waals surface area contributed by atoms with Gasteiger partial charge < -0.3 is 4.74 Å². The van der Waals surface area contributed by atoms with E-state index in [4.69, 9.17) is 9.47 Å². The summed E-state index contributed by atoms with van der Waals surface area (Å²) in [4.78, 5) is 16.2. The van der Waals surface area contributed by atoms with Gasteiger partial charge in [0.2, 0.25) is 0 Å². The Morgan fingerprint density at radius 1 is 1.08 bits per heavy atom. The van der Waals surface area contributed by atoms with Crippen molar-refractivity contribution < 1.29 is 49.3 Å². The Bertz CT molecular complexity index is 1930. The number of aliphatic hydroxyl groups is 1. The summed E-state index contributed by atoms with van der Waals surface area (Å²) >= 11 is -0.189. The molecule has 11 nitrogen and oxygen atoms in total. The number of carbonyl (C=O) groups is 1. The van der Waals surface area contributed by atoms with Crippen molar-refractivity contribution in [3.8, 4) is 17.0 Å². The predicted molar refractivity (Wildman–Crippen MR) is 186 cm³/mol. The van der Waals surface area contributed by atoms with Crippen LogP contribution in [0.4, 0.5) is 0 Å². The Kier molecular flexibility index (Phi) is 8.52. The number of aliphatic hydroxyl groups excluding tert-OH is 1. The molecule has 5 unspecified atom stereocenters. The molecular weight excluding hydrogens is 769 g/mol. The first kappa shape index (κ1) is 33.6. The number of nitrogens with zero attached hydrogens (tertiary/aromatic N) is 4. The number of alkyl halides is 1. The molecule has 2 aliphatic carbocycles. The number of ether oxygens (including phenoxy) is 2. The molecule has 4 aliphatic heterocycles. The second-order valence-corrected chi connectivity index (χ2v) is 20.5. The van der Waals surface area contributed by atoms with Gasteiger partial charge in [0, 0.05) is 13.1 Å². The number of nitrogens with one attached hydrogen (secondary N) is 1. The van der Waals surface area contributed by atoms with Gasteiger partial charge >= 0.3 is 263 Å². The van der Waals surface area contributed by atoms with Crippen LogP contribution < -0.4 is 30.9 Å². The van der Waals surface area contributed by atoms with E-state index >= 15 is 0 Å². The molecule has 13 heteroatoms. The van der Waals surface area contributed by atoms with Gasteiger partial charge in [-0.1, -0.05) is 0 Å². The number of hydrogen-bond acceptors (Lipinski definition) is 8. The molecular formula is C37H47IN5O6S-. The molecule has 2 N–H and O–H groups in total. The monoisotopic (exact) mass is 816 g/mol. The summed E-state index contributed by atoms with van der Waals surface area (Å²) in [5, 5.41) is 13.7. The first-order valence-corrected chi connectivity index (χ1v) is 21.9. The van der Waals surface area contributed by atoms with Gasteiger partial charge in [-0.25, -0.2) is 0 Å². The molecule has 3 saturated heterocycles. The van der Waals surface area contributed by atoms with E-state index in [0.717, 1.165) is 55.3 Å². The number of methoxy groups -OCH3 is 1. The quantitative estimate of drug-likeness (QED) is 0.159. The maximum atomic E-state index is 13.7. The number of rotatable bonds is 7. The van der Waals surface area contributed by atoms with Crippen molar-refractivity contribution in [1.82, 2.24) is 21.6 Å². The molecule has 3 aromatic rings. The van der Waals surface area contributed by atoms with E-state index in [1.807, 2.05) is 12.1 Å². The van der Waals surface area contributed by atoms with Crippen molar-refractivity contribution in [3.63, 3.8) is 0 Å². The topological polar surface area (TPSA) is 117 Å². The summed E-state index contributed by atoms with van der Waals surface area (Å²) in [6.45, 7) is 2.69. The minimum absolute atomic E-state index is 0.180. The second-order valence-electron chi connectivity index (χ2n) is 15.2. The molecule has 5 fully saturated rings. The number of likely N-dealkylation sites (N-methyl/N-ethyl adjacent to an activating group) is 1. The molecule has 6 aliphatic rings. The van der Waals surface area contributed by atoms with Crippen LogP contribution in [0.3, 0.4) is 0 Å². The number of morpholine rings is 1. The van der Waals surface area contributed by atoms with Crippen molar-refractivity contribution in [2.45, 2.75) is 86.1 Å². The average Bonchev–Trinajstić information content (AvgIpc) is 3.71. The number of amides is 1. The average molecular weight is 817 g/mol. The Hall–Kier alpha value is -2.27. The minimum atomic E-state index is -4.01. The summed E-state index contributed by atoms with van der Waals surface area (Å²) in [5.41, 5.74) is 5.81. The Morgan fingerprint density at radius 3 is 2.64 bits per heavy atom. The molecule has 0 radical (unpaired) electrons. The second kappa shape index (κ2) is 12.7. The van der Waals surface area contributed by atoms with Crippen LogP contribution in [0.1, 0.15) is 84.7 Å².